The van der Waals surface area contributed by atoms with Gasteiger partial charge in [0.1, 0.15) is 18.1 Å². The summed E-state index contributed by atoms with van der Waals surface area (Å²) in [5.41, 5.74) is 1.83. The van der Waals surface area contributed by atoms with E-state index < -0.39 is 0 Å². The lowest BCUT2D eigenvalue weighted by Gasteiger charge is -2.06. The molecular formula is C14H14N4O2. The molecule has 0 saturated heterocycles. The number of carbonyl (C=O) groups excluding carboxylic acids is 1. The van der Waals surface area contributed by atoms with Crippen molar-refractivity contribution < 1.29 is 9.32 Å². The van der Waals surface area contributed by atoms with Crippen LogP contribution in [0.15, 0.2) is 34.9 Å². The molecule has 0 bridgehead atoms. The Morgan fingerprint density at radius 1 is 1.35 bits per heavy atom. The predicted octanol–water partition coefficient (Wildman–Crippen LogP) is 2.28. The monoisotopic (exact) mass is 270 g/mol. The predicted molar refractivity (Wildman–Crippen MR) is 74.3 cm³/mol. The van der Waals surface area contributed by atoms with E-state index in [9.17, 15) is 4.79 Å². The molecule has 1 aromatic carbocycles. The molecule has 2 heterocycles. The quantitative estimate of drug-likeness (QED) is 0.792. The van der Waals surface area contributed by atoms with Crippen LogP contribution in [0.5, 0.6) is 0 Å². The van der Waals surface area contributed by atoms with Crippen LogP contribution in [0, 0.1) is 13.8 Å². The lowest BCUT2D eigenvalue weighted by atomic mass is 10.3. The maximum absolute atomic E-state index is 12.0. The SMILES string of the molecule is Cc1cc(NC(=O)Cn2c(C)nc3ccccc32)no1. The number of carbonyl (C=O) groups is 1. The number of hydrogen-bond donors (Lipinski definition) is 1. The molecule has 6 nitrogen and oxygen atoms in total. The van der Waals surface area contributed by atoms with Crippen molar-refractivity contribution >= 4 is 22.8 Å². The first-order chi connectivity index (χ1) is 9.63. The number of rotatable bonds is 3. The lowest BCUT2D eigenvalue weighted by molar-refractivity contribution is -0.116. The van der Waals surface area contributed by atoms with Gasteiger partial charge in [0, 0.05) is 6.07 Å². The van der Waals surface area contributed by atoms with Crippen molar-refractivity contribution in [1.82, 2.24) is 14.7 Å². The van der Waals surface area contributed by atoms with Gasteiger partial charge in [-0.1, -0.05) is 17.3 Å². The van der Waals surface area contributed by atoms with Gasteiger partial charge in [0.2, 0.25) is 5.91 Å². The standard InChI is InChI=1S/C14H14N4O2/c1-9-7-13(17-20-9)16-14(19)8-18-10(2)15-11-5-3-4-6-12(11)18/h3-7H,8H2,1-2H3,(H,16,17,19). The Morgan fingerprint density at radius 2 is 2.15 bits per heavy atom. The molecule has 0 aliphatic rings. The van der Waals surface area contributed by atoms with E-state index in [1.807, 2.05) is 35.8 Å². The smallest absolute Gasteiger partial charge is 0.245 e. The molecule has 0 atom stereocenters. The summed E-state index contributed by atoms with van der Waals surface area (Å²) < 4.78 is 6.78. The van der Waals surface area contributed by atoms with Gasteiger partial charge in [-0.2, -0.15) is 0 Å². The Hall–Kier alpha value is -2.63. The molecule has 3 rings (SSSR count). The number of amides is 1. The third-order valence-electron chi connectivity index (χ3n) is 3.04. The number of hydrogen-bond acceptors (Lipinski definition) is 4. The summed E-state index contributed by atoms with van der Waals surface area (Å²) >= 11 is 0. The largest absolute Gasteiger partial charge is 0.360 e. The zero-order chi connectivity index (χ0) is 14.1. The summed E-state index contributed by atoms with van der Waals surface area (Å²) in [5, 5.41) is 6.44. The first-order valence-corrected chi connectivity index (χ1v) is 6.28. The highest BCUT2D eigenvalue weighted by Gasteiger charge is 2.12. The highest BCUT2D eigenvalue weighted by atomic mass is 16.5. The number of imidazole rings is 1. The summed E-state index contributed by atoms with van der Waals surface area (Å²) in [6, 6.07) is 9.41. The molecule has 0 unspecified atom stereocenters. The highest BCUT2D eigenvalue weighted by molar-refractivity contribution is 5.90. The summed E-state index contributed by atoms with van der Waals surface area (Å²) in [6.45, 7) is 3.85. The van der Waals surface area contributed by atoms with Gasteiger partial charge in [-0.3, -0.25) is 4.79 Å². The Labute approximate surface area is 115 Å². The topological polar surface area (TPSA) is 73.0 Å². The number of para-hydroxylation sites is 2. The third kappa shape index (κ3) is 2.27. The number of aryl methyl sites for hydroxylation is 2. The molecule has 1 amide bonds. The van der Waals surface area contributed by atoms with E-state index in [-0.39, 0.29) is 12.5 Å². The summed E-state index contributed by atoms with van der Waals surface area (Å²) in [7, 11) is 0. The summed E-state index contributed by atoms with van der Waals surface area (Å²) in [4.78, 5) is 16.5. The van der Waals surface area contributed by atoms with Crippen molar-refractivity contribution in [1.29, 1.82) is 0 Å². The fraction of sp³-hybridized carbons (Fsp3) is 0.214. The minimum Gasteiger partial charge on any atom is -0.360 e. The van der Waals surface area contributed by atoms with Gasteiger partial charge in [-0.05, 0) is 26.0 Å². The van der Waals surface area contributed by atoms with E-state index in [1.165, 1.54) is 0 Å². The van der Waals surface area contributed by atoms with Crippen molar-refractivity contribution in [2.75, 3.05) is 5.32 Å². The maximum atomic E-state index is 12.0. The van der Waals surface area contributed by atoms with Crippen LogP contribution in [0.25, 0.3) is 11.0 Å². The van der Waals surface area contributed by atoms with Gasteiger partial charge in [0.15, 0.2) is 5.82 Å². The van der Waals surface area contributed by atoms with Gasteiger partial charge in [0.25, 0.3) is 0 Å². The van der Waals surface area contributed by atoms with Crippen molar-refractivity contribution in [3.8, 4) is 0 Å². The van der Waals surface area contributed by atoms with E-state index in [4.69, 9.17) is 4.52 Å². The Balaban J connectivity index is 1.82. The first-order valence-electron chi connectivity index (χ1n) is 6.28. The van der Waals surface area contributed by atoms with Crippen LogP contribution in [0.3, 0.4) is 0 Å². The molecule has 0 saturated carbocycles. The molecule has 6 heteroatoms. The first kappa shape index (κ1) is 12.4. The van der Waals surface area contributed by atoms with Crippen molar-refractivity contribution in [3.05, 3.63) is 41.9 Å². The van der Waals surface area contributed by atoms with Crippen molar-refractivity contribution in [2.45, 2.75) is 20.4 Å². The molecule has 0 aliphatic heterocycles. The molecule has 102 valence electrons. The minimum absolute atomic E-state index is 0.162. The average molecular weight is 270 g/mol. The number of nitrogens with zero attached hydrogens (tertiary/aromatic N) is 3. The molecule has 0 radical (unpaired) electrons. The number of benzene rings is 1. The maximum Gasteiger partial charge on any atom is 0.245 e. The molecule has 20 heavy (non-hydrogen) atoms. The number of nitrogens with one attached hydrogen (secondary N) is 1. The zero-order valence-corrected chi connectivity index (χ0v) is 11.3. The van der Waals surface area contributed by atoms with Gasteiger partial charge in [-0.15, -0.1) is 0 Å². The Kier molecular flexibility index (Phi) is 2.98. The average Bonchev–Trinajstić information content (AvgIpc) is 2.94. The number of fused-ring (bicyclic) bond motifs is 1. The van der Waals surface area contributed by atoms with E-state index in [1.54, 1.807) is 13.0 Å². The molecular weight excluding hydrogens is 256 g/mol. The van der Waals surface area contributed by atoms with E-state index in [2.05, 4.69) is 15.5 Å². The molecule has 0 aliphatic carbocycles. The van der Waals surface area contributed by atoms with E-state index in [0.29, 0.717) is 11.6 Å². The van der Waals surface area contributed by atoms with Crippen LogP contribution in [-0.4, -0.2) is 20.6 Å². The van der Waals surface area contributed by atoms with E-state index >= 15 is 0 Å². The van der Waals surface area contributed by atoms with Crippen LogP contribution < -0.4 is 5.32 Å². The molecule has 0 spiro atoms. The Morgan fingerprint density at radius 3 is 2.90 bits per heavy atom. The second-order valence-electron chi connectivity index (χ2n) is 4.60. The molecule has 0 fully saturated rings. The van der Waals surface area contributed by atoms with Crippen LogP contribution in [0.4, 0.5) is 5.82 Å². The molecule has 2 aromatic heterocycles. The van der Waals surface area contributed by atoms with Crippen LogP contribution in [0.2, 0.25) is 0 Å². The number of anilines is 1. The van der Waals surface area contributed by atoms with Gasteiger partial charge in [-0.25, -0.2) is 4.98 Å². The zero-order valence-electron chi connectivity index (χ0n) is 11.3. The minimum atomic E-state index is -0.162. The Bertz CT molecular complexity index is 772. The number of aromatic nitrogens is 3. The van der Waals surface area contributed by atoms with Crippen LogP contribution in [-0.2, 0) is 11.3 Å². The van der Waals surface area contributed by atoms with Gasteiger partial charge < -0.3 is 14.4 Å². The summed E-state index contributed by atoms with van der Waals surface area (Å²) in [6.07, 6.45) is 0. The molecule has 1 N–H and O–H groups in total. The van der Waals surface area contributed by atoms with Crippen LogP contribution >= 0.6 is 0 Å². The fourth-order valence-electron chi connectivity index (χ4n) is 2.15. The summed E-state index contributed by atoms with van der Waals surface area (Å²) in [5.74, 6) is 1.72. The van der Waals surface area contributed by atoms with Crippen molar-refractivity contribution in [2.24, 2.45) is 0 Å². The molecule has 3 aromatic rings. The second kappa shape index (κ2) is 4.80. The van der Waals surface area contributed by atoms with E-state index in [0.717, 1.165) is 16.9 Å². The normalized spacial score (nSPS) is 10.9. The highest BCUT2D eigenvalue weighted by Crippen LogP contribution is 2.15. The third-order valence-corrected chi connectivity index (χ3v) is 3.04. The van der Waals surface area contributed by atoms with Crippen molar-refractivity contribution in [3.63, 3.8) is 0 Å². The fourth-order valence-corrected chi connectivity index (χ4v) is 2.15. The van der Waals surface area contributed by atoms with Gasteiger partial charge in [0.05, 0.1) is 11.0 Å². The van der Waals surface area contributed by atoms with Gasteiger partial charge >= 0.3 is 0 Å². The second-order valence-corrected chi connectivity index (χ2v) is 4.60. The lowest BCUT2D eigenvalue weighted by Crippen LogP contribution is -2.19. The van der Waals surface area contributed by atoms with Crippen LogP contribution in [0.1, 0.15) is 11.6 Å².